The number of carbonyl (C=O) groups is 2. The van der Waals surface area contributed by atoms with E-state index in [9.17, 15) is 9.59 Å². The van der Waals surface area contributed by atoms with Gasteiger partial charge >= 0.3 is 11.9 Å². The molecular formula is C16H26O4. The summed E-state index contributed by atoms with van der Waals surface area (Å²) in [4.78, 5) is 23.8. The first kappa shape index (κ1) is 18.4. The van der Waals surface area contributed by atoms with Gasteiger partial charge in [-0.1, -0.05) is 38.8 Å². The Morgan fingerprint density at radius 1 is 0.900 bits per heavy atom. The van der Waals surface area contributed by atoms with Crippen LogP contribution < -0.4 is 0 Å². The molecule has 0 aliphatic heterocycles. The molecule has 4 heteroatoms. The monoisotopic (exact) mass is 282 g/mol. The van der Waals surface area contributed by atoms with Crippen LogP contribution in [-0.2, 0) is 19.1 Å². The summed E-state index contributed by atoms with van der Waals surface area (Å²) in [7, 11) is 2.66. The van der Waals surface area contributed by atoms with Crippen LogP contribution in [0.2, 0.25) is 0 Å². The Morgan fingerprint density at radius 2 is 1.50 bits per heavy atom. The quantitative estimate of drug-likeness (QED) is 0.281. The van der Waals surface area contributed by atoms with Gasteiger partial charge in [-0.15, -0.1) is 0 Å². The van der Waals surface area contributed by atoms with E-state index in [1.807, 2.05) is 19.1 Å². The molecule has 0 atom stereocenters. The number of carbonyl (C=O) groups excluding carboxylic acids is 2. The molecule has 114 valence electrons. The van der Waals surface area contributed by atoms with Crippen LogP contribution in [0.1, 0.15) is 52.4 Å². The van der Waals surface area contributed by atoms with Crippen molar-refractivity contribution in [2.45, 2.75) is 52.4 Å². The van der Waals surface area contributed by atoms with Gasteiger partial charge in [0.1, 0.15) is 0 Å². The Kier molecular flexibility index (Phi) is 10.4. The van der Waals surface area contributed by atoms with E-state index in [1.54, 1.807) is 0 Å². The van der Waals surface area contributed by atoms with Gasteiger partial charge in [0.15, 0.2) is 0 Å². The molecule has 0 unspecified atom stereocenters. The molecule has 20 heavy (non-hydrogen) atoms. The van der Waals surface area contributed by atoms with Crippen LogP contribution in [0.5, 0.6) is 0 Å². The molecule has 0 bridgehead atoms. The summed E-state index contributed by atoms with van der Waals surface area (Å²) in [5.41, 5.74) is 0.841. The number of rotatable bonds is 9. The highest BCUT2D eigenvalue weighted by molar-refractivity contribution is 6.00. The largest absolute Gasteiger partial charge is 0.466 e. The minimum atomic E-state index is -0.456. The molecule has 0 fully saturated rings. The summed E-state index contributed by atoms with van der Waals surface area (Å²) in [6.45, 7) is 4.10. The third kappa shape index (κ3) is 6.55. The lowest BCUT2D eigenvalue weighted by molar-refractivity contribution is -0.139. The molecule has 0 radical (unpaired) electrons. The van der Waals surface area contributed by atoms with Gasteiger partial charge in [0.05, 0.1) is 19.8 Å². The first-order valence-electron chi connectivity index (χ1n) is 7.15. The van der Waals surface area contributed by atoms with Gasteiger partial charge in [-0.25, -0.2) is 9.59 Å². The smallest absolute Gasteiger partial charge is 0.334 e. The van der Waals surface area contributed by atoms with Crippen molar-refractivity contribution in [2.24, 2.45) is 0 Å². The second kappa shape index (κ2) is 11.3. The van der Waals surface area contributed by atoms with Crippen LogP contribution in [0, 0.1) is 0 Å². The first-order chi connectivity index (χ1) is 9.62. The van der Waals surface area contributed by atoms with Gasteiger partial charge in [-0.05, 0) is 25.7 Å². The first-order valence-corrected chi connectivity index (χ1v) is 7.15. The lowest BCUT2D eigenvalue weighted by Crippen LogP contribution is -2.15. The summed E-state index contributed by atoms with van der Waals surface area (Å²) in [5, 5.41) is 0. The van der Waals surface area contributed by atoms with Gasteiger partial charge in [-0.3, -0.25) is 0 Å². The van der Waals surface area contributed by atoms with Gasteiger partial charge < -0.3 is 9.47 Å². The van der Waals surface area contributed by atoms with Gasteiger partial charge in [0.2, 0.25) is 0 Å². The maximum Gasteiger partial charge on any atom is 0.334 e. The van der Waals surface area contributed by atoms with Gasteiger partial charge in [0, 0.05) is 5.57 Å². The SMILES string of the molecule is CC/C=C/C/C(C(=O)OC)=C(\CCCCC)C(=O)OC. The van der Waals surface area contributed by atoms with E-state index in [-0.39, 0.29) is 0 Å². The van der Waals surface area contributed by atoms with Crippen LogP contribution in [0.25, 0.3) is 0 Å². The highest BCUT2D eigenvalue weighted by Gasteiger charge is 2.20. The number of allylic oxidation sites excluding steroid dienone is 2. The summed E-state index contributed by atoms with van der Waals surface area (Å²) >= 11 is 0. The van der Waals surface area contributed by atoms with Crippen LogP contribution in [-0.4, -0.2) is 26.2 Å². The molecule has 0 aromatic carbocycles. The highest BCUT2D eigenvalue weighted by atomic mass is 16.5. The van der Waals surface area contributed by atoms with Crippen molar-refractivity contribution >= 4 is 11.9 Å². The zero-order valence-corrected chi connectivity index (χ0v) is 13.0. The Hall–Kier alpha value is -1.58. The summed E-state index contributed by atoms with van der Waals surface area (Å²) < 4.78 is 9.58. The van der Waals surface area contributed by atoms with Crippen LogP contribution in [0.3, 0.4) is 0 Å². The molecule has 0 aromatic rings. The third-order valence-corrected chi connectivity index (χ3v) is 2.98. The summed E-state index contributed by atoms with van der Waals surface area (Å²) in [5.74, 6) is -0.894. The number of methoxy groups -OCH3 is 2. The minimum Gasteiger partial charge on any atom is -0.466 e. The van der Waals surface area contributed by atoms with E-state index in [1.165, 1.54) is 14.2 Å². The summed E-state index contributed by atoms with van der Waals surface area (Å²) in [6.07, 6.45) is 8.61. The molecule has 0 aromatic heterocycles. The Bertz CT molecular complexity index is 367. The molecular weight excluding hydrogens is 256 g/mol. The fourth-order valence-corrected chi connectivity index (χ4v) is 1.87. The van der Waals surface area contributed by atoms with Crippen molar-refractivity contribution in [1.82, 2.24) is 0 Å². The van der Waals surface area contributed by atoms with Crippen molar-refractivity contribution in [3.05, 3.63) is 23.3 Å². The second-order valence-electron chi connectivity index (χ2n) is 4.48. The van der Waals surface area contributed by atoms with E-state index in [2.05, 4.69) is 6.92 Å². The Balaban J connectivity index is 5.28. The van der Waals surface area contributed by atoms with Crippen molar-refractivity contribution in [1.29, 1.82) is 0 Å². The standard InChI is InChI=1S/C16H26O4/c1-5-7-9-11-13(15(17)19-3)14(16(18)20-4)12-10-8-6-2/h7,9H,5-6,8,10-12H2,1-4H3/b9-7+,14-13-. The Labute approximate surface area is 121 Å². The molecule has 0 saturated carbocycles. The number of ether oxygens (including phenoxy) is 2. The third-order valence-electron chi connectivity index (χ3n) is 2.98. The van der Waals surface area contributed by atoms with Crippen LogP contribution in [0.4, 0.5) is 0 Å². The van der Waals surface area contributed by atoms with Gasteiger partial charge in [-0.2, -0.15) is 0 Å². The van der Waals surface area contributed by atoms with Crippen molar-refractivity contribution in [3.8, 4) is 0 Å². The molecule has 0 spiro atoms. The lowest BCUT2D eigenvalue weighted by atomic mass is 9.99. The van der Waals surface area contributed by atoms with Crippen LogP contribution >= 0.6 is 0 Å². The molecule has 0 aliphatic carbocycles. The fraction of sp³-hybridized carbons (Fsp3) is 0.625. The van der Waals surface area contributed by atoms with E-state index in [4.69, 9.17) is 9.47 Å². The van der Waals surface area contributed by atoms with E-state index < -0.39 is 11.9 Å². The molecule has 0 saturated heterocycles. The average Bonchev–Trinajstić information content (AvgIpc) is 2.47. The fourth-order valence-electron chi connectivity index (χ4n) is 1.87. The number of hydrogen-bond acceptors (Lipinski definition) is 4. The highest BCUT2D eigenvalue weighted by Crippen LogP contribution is 2.20. The van der Waals surface area contributed by atoms with Gasteiger partial charge in [0.25, 0.3) is 0 Å². The molecule has 4 nitrogen and oxygen atoms in total. The number of unbranched alkanes of at least 4 members (excludes halogenated alkanes) is 2. The molecule has 0 amide bonds. The normalized spacial score (nSPS) is 12.2. The topological polar surface area (TPSA) is 52.6 Å². The van der Waals surface area contributed by atoms with Crippen molar-refractivity contribution < 1.29 is 19.1 Å². The van der Waals surface area contributed by atoms with Crippen LogP contribution in [0.15, 0.2) is 23.3 Å². The van der Waals surface area contributed by atoms with E-state index >= 15 is 0 Å². The van der Waals surface area contributed by atoms with Crippen molar-refractivity contribution in [2.75, 3.05) is 14.2 Å². The number of esters is 2. The molecule has 0 aliphatic rings. The summed E-state index contributed by atoms with van der Waals surface area (Å²) in [6, 6.07) is 0. The average molecular weight is 282 g/mol. The van der Waals surface area contributed by atoms with E-state index in [0.717, 1.165) is 25.7 Å². The maximum absolute atomic E-state index is 11.9. The zero-order chi connectivity index (χ0) is 15.4. The van der Waals surface area contributed by atoms with E-state index in [0.29, 0.717) is 24.0 Å². The lowest BCUT2D eigenvalue weighted by Gasteiger charge is -2.11. The molecule has 0 rings (SSSR count). The molecule has 0 N–H and O–H groups in total. The predicted molar refractivity (Wildman–Crippen MR) is 79.2 cm³/mol. The minimum absolute atomic E-state index is 0.400. The Morgan fingerprint density at radius 3 is 2.00 bits per heavy atom. The predicted octanol–water partition coefficient (Wildman–Crippen LogP) is 3.57. The second-order valence-corrected chi connectivity index (χ2v) is 4.48. The van der Waals surface area contributed by atoms with Crippen molar-refractivity contribution in [3.63, 3.8) is 0 Å². The number of hydrogen-bond donors (Lipinski definition) is 0. The zero-order valence-electron chi connectivity index (χ0n) is 13.0. The molecule has 0 heterocycles. The maximum atomic E-state index is 11.9.